The smallest absolute Gasteiger partial charge is 0.223 e. The minimum absolute atomic E-state index is 0.354. The summed E-state index contributed by atoms with van der Waals surface area (Å²) in [6.07, 6.45) is 13.3. The fourth-order valence-electron chi connectivity index (χ4n) is 3.27. The fourth-order valence-corrected chi connectivity index (χ4v) is 3.27. The number of carbonyl (C=O) groups excluding carboxylic acids is 1. The molecule has 0 aromatic carbocycles. The number of carbonyl (C=O) groups is 1. The van der Waals surface area contributed by atoms with E-state index in [2.05, 4.69) is 29.2 Å². The molecule has 0 spiro atoms. The second kappa shape index (κ2) is 3.51. The Morgan fingerprint density at radius 3 is 3.07 bits per heavy atom. The molecule has 3 aliphatic rings. The van der Waals surface area contributed by atoms with E-state index in [9.17, 15) is 4.79 Å². The highest BCUT2D eigenvalue weighted by atomic mass is 16.2. The summed E-state index contributed by atoms with van der Waals surface area (Å²) < 4.78 is 0. The van der Waals surface area contributed by atoms with Crippen LogP contribution >= 0.6 is 0 Å². The standard InChI is InChI=1S/C13H17NO/c15-13-8-7-10-4-1-2-5-11(10)12-6-3-9-14(12)13/h1,3-4,6,10-12H,2,5,7-9H2. The summed E-state index contributed by atoms with van der Waals surface area (Å²) in [7, 11) is 0. The van der Waals surface area contributed by atoms with E-state index in [1.165, 1.54) is 12.8 Å². The molecule has 15 heavy (non-hydrogen) atoms. The molecule has 1 aliphatic carbocycles. The molecule has 3 atom stereocenters. The van der Waals surface area contributed by atoms with Crippen molar-refractivity contribution < 1.29 is 4.79 Å². The Morgan fingerprint density at radius 1 is 1.20 bits per heavy atom. The Balaban J connectivity index is 1.92. The number of hydrogen-bond donors (Lipinski definition) is 0. The third kappa shape index (κ3) is 1.43. The van der Waals surface area contributed by atoms with Gasteiger partial charge in [0.2, 0.25) is 5.91 Å². The first-order chi connectivity index (χ1) is 7.36. The minimum Gasteiger partial charge on any atom is -0.332 e. The van der Waals surface area contributed by atoms with Crippen LogP contribution in [-0.2, 0) is 4.79 Å². The van der Waals surface area contributed by atoms with Crippen molar-refractivity contribution >= 4 is 5.91 Å². The molecule has 2 nitrogen and oxygen atoms in total. The van der Waals surface area contributed by atoms with E-state index >= 15 is 0 Å². The molecule has 0 saturated carbocycles. The van der Waals surface area contributed by atoms with Crippen molar-refractivity contribution in [3.8, 4) is 0 Å². The van der Waals surface area contributed by atoms with Gasteiger partial charge in [0.15, 0.2) is 0 Å². The van der Waals surface area contributed by atoms with Gasteiger partial charge >= 0.3 is 0 Å². The lowest BCUT2D eigenvalue weighted by atomic mass is 9.78. The van der Waals surface area contributed by atoms with Gasteiger partial charge in [0.05, 0.1) is 6.04 Å². The Bertz CT molecular complexity index is 331. The number of hydrogen-bond acceptors (Lipinski definition) is 1. The predicted octanol–water partition coefficient (Wildman–Crippen LogP) is 2.13. The second-order valence-corrected chi connectivity index (χ2v) is 4.84. The van der Waals surface area contributed by atoms with E-state index < -0.39 is 0 Å². The van der Waals surface area contributed by atoms with Gasteiger partial charge in [0, 0.05) is 13.0 Å². The number of rotatable bonds is 0. The van der Waals surface area contributed by atoms with Crippen molar-refractivity contribution in [2.24, 2.45) is 11.8 Å². The molecule has 2 heterocycles. The zero-order chi connectivity index (χ0) is 10.3. The SMILES string of the molecule is O=C1CCC2C=CCCC2C2C=CCN12. The van der Waals surface area contributed by atoms with Gasteiger partial charge in [-0.05, 0) is 31.1 Å². The lowest BCUT2D eigenvalue weighted by molar-refractivity contribution is -0.131. The molecule has 3 unspecified atom stereocenters. The summed E-state index contributed by atoms with van der Waals surface area (Å²) in [4.78, 5) is 14.0. The van der Waals surface area contributed by atoms with Crippen molar-refractivity contribution in [3.63, 3.8) is 0 Å². The summed E-state index contributed by atoms with van der Waals surface area (Å²) in [5.41, 5.74) is 0. The zero-order valence-corrected chi connectivity index (χ0v) is 8.93. The number of nitrogens with zero attached hydrogens (tertiary/aromatic N) is 1. The molecule has 0 N–H and O–H groups in total. The molecule has 1 fully saturated rings. The monoisotopic (exact) mass is 203 g/mol. The van der Waals surface area contributed by atoms with Gasteiger partial charge in [0.25, 0.3) is 0 Å². The topological polar surface area (TPSA) is 20.3 Å². The lowest BCUT2D eigenvalue weighted by Gasteiger charge is -2.33. The Hall–Kier alpha value is -1.05. The first kappa shape index (κ1) is 9.20. The van der Waals surface area contributed by atoms with Crippen LogP contribution in [0.5, 0.6) is 0 Å². The van der Waals surface area contributed by atoms with E-state index in [4.69, 9.17) is 0 Å². The first-order valence-electron chi connectivity index (χ1n) is 5.99. The van der Waals surface area contributed by atoms with Gasteiger partial charge in [-0.2, -0.15) is 0 Å². The lowest BCUT2D eigenvalue weighted by Crippen LogP contribution is -2.40. The van der Waals surface area contributed by atoms with Crippen LogP contribution in [0.1, 0.15) is 25.7 Å². The molecular formula is C13H17NO. The maximum atomic E-state index is 11.9. The van der Waals surface area contributed by atoms with E-state index in [0.717, 1.165) is 19.4 Å². The maximum Gasteiger partial charge on any atom is 0.223 e. The fraction of sp³-hybridized carbons (Fsp3) is 0.615. The molecule has 0 aromatic heterocycles. The van der Waals surface area contributed by atoms with Crippen molar-refractivity contribution in [2.75, 3.05) is 6.54 Å². The van der Waals surface area contributed by atoms with Crippen molar-refractivity contribution in [1.29, 1.82) is 0 Å². The van der Waals surface area contributed by atoms with Gasteiger partial charge in [-0.1, -0.05) is 24.3 Å². The van der Waals surface area contributed by atoms with Gasteiger partial charge in [-0.25, -0.2) is 0 Å². The van der Waals surface area contributed by atoms with Crippen LogP contribution in [0.2, 0.25) is 0 Å². The summed E-state index contributed by atoms with van der Waals surface area (Å²) in [5, 5.41) is 0. The van der Waals surface area contributed by atoms with Gasteiger partial charge in [-0.15, -0.1) is 0 Å². The third-order valence-electron chi connectivity index (χ3n) is 4.05. The average molecular weight is 203 g/mol. The summed E-state index contributed by atoms with van der Waals surface area (Å²) in [6.45, 7) is 0.844. The van der Waals surface area contributed by atoms with E-state index in [1.54, 1.807) is 0 Å². The van der Waals surface area contributed by atoms with E-state index in [0.29, 0.717) is 23.8 Å². The van der Waals surface area contributed by atoms with Gasteiger partial charge < -0.3 is 4.90 Å². The van der Waals surface area contributed by atoms with E-state index in [-0.39, 0.29) is 0 Å². The highest BCUT2D eigenvalue weighted by Gasteiger charge is 2.38. The Kier molecular flexibility index (Phi) is 2.15. The maximum absolute atomic E-state index is 11.9. The molecule has 3 rings (SSSR count). The molecule has 0 radical (unpaired) electrons. The minimum atomic E-state index is 0.354. The van der Waals surface area contributed by atoms with Crippen molar-refractivity contribution in [1.82, 2.24) is 4.90 Å². The normalized spacial score (nSPS) is 38.8. The third-order valence-corrected chi connectivity index (χ3v) is 4.05. The summed E-state index contributed by atoms with van der Waals surface area (Å²) >= 11 is 0. The first-order valence-corrected chi connectivity index (χ1v) is 5.99. The second-order valence-electron chi connectivity index (χ2n) is 4.84. The highest BCUT2D eigenvalue weighted by molar-refractivity contribution is 5.78. The number of amides is 1. The molecular weight excluding hydrogens is 186 g/mol. The Morgan fingerprint density at radius 2 is 2.13 bits per heavy atom. The van der Waals surface area contributed by atoms with Crippen LogP contribution in [0, 0.1) is 11.8 Å². The zero-order valence-electron chi connectivity index (χ0n) is 8.93. The molecule has 1 amide bonds. The van der Waals surface area contributed by atoms with Gasteiger partial charge in [0.1, 0.15) is 0 Å². The Labute approximate surface area is 90.6 Å². The molecule has 0 aromatic rings. The summed E-state index contributed by atoms with van der Waals surface area (Å²) in [6, 6.07) is 0.398. The van der Waals surface area contributed by atoms with Crippen LogP contribution in [0.25, 0.3) is 0 Å². The van der Waals surface area contributed by atoms with E-state index in [1.807, 2.05) is 0 Å². The van der Waals surface area contributed by atoms with Gasteiger partial charge in [-0.3, -0.25) is 4.79 Å². The molecule has 1 saturated heterocycles. The summed E-state index contributed by atoms with van der Waals surface area (Å²) in [5.74, 6) is 1.67. The van der Waals surface area contributed by atoms with Crippen LogP contribution < -0.4 is 0 Å². The average Bonchev–Trinajstić information content (AvgIpc) is 2.71. The number of fused-ring (bicyclic) bond motifs is 3. The largest absolute Gasteiger partial charge is 0.332 e. The molecule has 2 aliphatic heterocycles. The van der Waals surface area contributed by atoms with Crippen LogP contribution in [0.3, 0.4) is 0 Å². The van der Waals surface area contributed by atoms with Crippen LogP contribution in [0.4, 0.5) is 0 Å². The molecule has 2 heteroatoms. The predicted molar refractivity (Wildman–Crippen MR) is 59.2 cm³/mol. The number of allylic oxidation sites excluding steroid dienone is 2. The van der Waals surface area contributed by atoms with Crippen molar-refractivity contribution in [3.05, 3.63) is 24.3 Å². The molecule has 80 valence electrons. The molecule has 0 bridgehead atoms. The quantitative estimate of drug-likeness (QED) is 0.552. The van der Waals surface area contributed by atoms with Crippen molar-refractivity contribution in [2.45, 2.75) is 31.7 Å². The highest BCUT2D eigenvalue weighted by Crippen LogP contribution is 2.38. The van der Waals surface area contributed by atoms with Crippen LogP contribution in [-0.4, -0.2) is 23.4 Å². The van der Waals surface area contributed by atoms with Crippen LogP contribution in [0.15, 0.2) is 24.3 Å².